The van der Waals surface area contributed by atoms with E-state index in [-0.39, 0.29) is 17.8 Å². The highest BCUT2D eigenvalue weighted by Gasteiger charge is 2.20. The number of aryl methyl sites for hydroxylation is 1. The second kappa shape index (κ2) is 7.92. The second-order valence-electron chi connectivity index (χ2n) is 7.02. The molecule has 2 aromatic rings. The molecule has 0 aliphatic carbocycles. The van der Waals surface area contributed by atoms with Crippen molar-refractivity contribution in [2.75, 3.05) is 24.6 Å². The number of hydrogen-bond acceptors (Lipinski definition) is 5. The van der Waals surface area contributed by atoms with E-state index in [0.29, 0.717) is 30.0 Å². The molecule has 7 nitrogen and oxygen atoms in total. The Morgan fingerprint density at radius 2 is 2.15 bits per heavy atom. The van der Waals surface area contributed by atoms with Gasteiger partial charge in [-0.2, -0.15) is 0 Å². The highest BCUT2D eigenvalue weighted by atomic mass is 16.5. The van der Waals surface area contributed by atoms with Crippen LogP contribution in [0.5, 0.6) is 0 Å². The van der Waals surface area contributed by atoms with E-state index in [0.717, 1.165) is 30.2 Å². The van der Waals surface area contributed by atoms with Crippen LogP contribution in [0.25, 0.3) is 0 Å². The summed E-state index contributed by atoms with van der Waals surface area (Å²) in [6.45, 7) is 9.89. The molecular weight excluding hydrogens is 344 g/mol. The average molecular weight is 370 g/mol. The number of anilines is 1. The molecule has 2 N–H and O–H groups in total. The first-order valence-electron chi connectivity index (χ1n) is 9.16. The van der Waals surface area contributed by atoms with Crippen LogP contribution in [0.15, 0.2) is 18.3 Å². The molecule has 7 heteroatoms. The summed E-state index contributed by atoms with van der Waals surface area (Å²) in [5.74, 6) is 0.647. The van der Waals surface area contributed by atoms with Gasteiger partial charge in [0.15, 0.2) is 5.78 Å². The number of amides is 1. The zero-order valence-corrected chi connectivity index (χ0v) is 16.3. The molecule has 2 aromatic heterocycles. The first-order valence-corrected chi connectivity index (χ1v) is 9.16. The number of ketones is 1. The lowest BCUT2D eigenvalue weighted by Gasteiger charge is -2.32. The predicted molar refractivity (Wildman–Crippen MR) is 103 cm³/mol. The van der Waals surface area contributed by atoms with Crippen LogP contribution in [-0.4, -0.2) is 47.5 Å². The van der Waals surface area contributed by atoms with Gasteiger partial charge in [-0.05, 0) is 44.9 Å². The molecule has 0 saturated carbocycles. The highest BCUT2D eigenvalue weighted by Crippen LogP contribution is 2.19. The number of hydrogen-bond donors (Lipinski definition) is 2. The highest BCUT2D eigenvalue weighted by molar-refractivity contribution is 6.02. The minimum atomic E-state index is -0.228. The molecular formula is C20H26N4O3. The van der Waals surface area contributed by atoms with E-state index in [1.54, 1.807) is 20.0 Å². The Hall–Kier alpha value is -2.67. The summed E-state index contributed by atoms with van der Waals surface area (Å²) in [5.41, 5.74) is 3.35. The van der Waals surface area contributed by atoms with Crippen molar-refractivity contribution in [3.8, 4) is 0 Å². The summed E-state index contributed by atoms with van der Waals surface area (Å²) >= 11 is 0. The van der Waals surface area contributed by atoms with E-state index >= 15 is 0 Å². The van der Waals surface area contributed by atoms with Crippen LogP contribution in [-0.2, 0) is 11.3 Å². The third-order valence-electron chi connectivity index (χ3n) is 4.84. The Kier molecular flexibility index (Phi) is 5.60. The predicted octanol–water partition coefficient (Wildman–Crippen LogP) is 2.38. The Labute approximate surface area is 159 Å². The summed E-state index contributed by atoms with van der Waals surface area (Å²) in [4.78, 5) is 33.9. The summed E-state index contributed by atoms with van der Waals surface area (Å²) in [6.07, 6.45) is 1.98. The van der Waals surface area contributed by atoms with Crippen molar-refractivity contribution in [2.45, 2.75) is 40.3 Å². The van der Waals surface area contributed by atoms with E-state index in [2.05, 4.69) is 27.1 Å². The lowest BCUT2D eigenvalue weighted by Crippen LogP contribution is -2.41. The van der Waals surface area contributed by atoms with Gasteiger partial charge >= 0.3 is 0 Å². The number of carbonyl (C=O) groups excluding carboxylic acids is 2. The number of pyridine rings is 1. The fraction of sp³-hybridized carbons (Fsp3) is 0.450. The SMILES string of the molecule is CC(=O)c1c(C)[nH]c(C(=O)NCc2ccc(N3CCOC(C)C3)nc2)c1C. The second-order valence-corrected chi connectivity index (χ2v) is 7.02. The molecule has 1 atom stereocenters. The number of H-pyrrole nitrogens is 1. The molecule has 0 radical (unpaired) electrons. The molecule has 3 rings (SSSR count). The third kappa shape index (κ3) is 4.19. The number of aromatic nitrogens is 2. The number of aromatic amines is 1. The molecule has 1 unspecified atom stereocenters. The number of rotatable bonds is 5. The zero-order chi connectivity index (χ0) is 19.6. The first kappa shape index (κ1) is 19.1. The molecule has 1 aliphatic heterocycles. The maximum Gasteiger partial charge on any atom is 0.268 e. The largest absolute Gasteiger partial charge is 0.375 e. The van der Waals surface area contributed by atoms with Crippen LogP contribution in [0.1, 0.15) is 51.5 Å². The molecule has 3 heterocycles. The van der Waals surface area contributed by atoms with Crippen molar-refractivity contribution >= 4 is 17.5 Å². The average Bonchev–Trinajstić information content (AvgIpc) is 2.94. The molecule has 1 fully saturated rings. The molecule has 144 valence electrons. The van der Waals surface area contributed by atoms with Gasteiger partial charge in [-0.25, -0.2) is 4.98 Å². The number of morpholine rings is 1. The topological polar surface area (TPSA) is 87.3 Å². The van der Waals surface area contributed by atoms with E-state index < -0.39 is 0 Å². The van der Waals surface area contributed by atoms with Crippen LogP contribution in [0.3, 0.4) is 0 Å². The van der Waals surface area contributed by atoms with Gasteiger partial charge < -0.3 is 19.9 Å². The van der Waals surface area contributed by atoms with Crippen LogP contribution < -0.4 is 10.2 Å². The standard InChI is InChI=1S/C20H26N4O3/c1-12-11-24(7-8-27-12)17-6-5-16(9-21-17)10-22-20(26)19-13(2)18(15(4)25)14(3)23-19/h5-6,9,12,23H,7-8,10-11H2,1-4H3,(H,22,26). The van der Waals surface area contributed by atoms with Gasteiger partial charge in [-0.3, -0.25) is 9.59 Å². The van der Waals surface area contributed by atoms with Crippen LogP contribution in [0, 0.1) is 13.8 Å². The minimum Gasteiger partial charge on any atom is -0.375 e. The normalized spacial score (nSPS) is 17.0. The van der Waals surface area contributed by atoms with E-state index in [4.69, 9.17) is 4.74 Å². The van der Waals surface area contributed by atoms with Crippen molar-refractivity contribution in [3.63, 3.8) is 0 Å². The summed E-state index contributed by atoms with van der Waals surface area (Å²) in [6, 6.07) is 3.94. The summed E-state index contributed by atoms with van der Waals surface area (Å²) in [5, 5.41) is 2.89. The van der Waals surface area contributed by atoms with Gasteiger partial charge in [0, 0.05) is 37.1 Å². The fourth-order valence-electron chi connectivity index (χ4n) is 3.51. The van der Waals surface area contributed by atoms with E-state index in [1.807, 2.05) is 12.1 Å². The Bertz CT molecular complexity index is 842. The minimum absolute atomic E-state index is 0.0440. The molecule has 1 amide bonds. The smallest absolute Gasteiger partial charge is 0.268 e. The maximum atomic E-state index is 12.5. The van der Waals surface area contributed by atoms with Crippen LogP contribution in [0.4, 0.5) is 5.82 Å². The third-order valence-corrected chi connectivity index (χ3v) is 4.84. The molecule has 0 spiro atoms. The van der Waals surface area contributed by atoms with Crippen molar-refractivity contribution in [2.24, 2.45) is 0 Å². The van der Waals surface area contributed by atoms with Crippen LogP contribution >= 0.6 is 0 Å². The van der Waals surface area contributed by atoms with Crippen molar-refractivity contribution in [1.82, 2.24) is 15.3 Å². The lowest BCUT2D eigenvalue weighted by molar-refractivity contribution is 0.0529. The summed E-state index contributed by atoms with van der Waals surface area (Å²) < 4.78 is 5.55. The van der Waals surface area contributed by atoms with Crippen molar-refractivity contribution in [1.29, 1.82) is 0 Å². The molecule has 0 bridgehead atoms. The van der Waals surface area contributed by atoms with Gasteiger partial charge in [0.25, 0.3) is 5.91 Å². The number of ether oxygens (including phenoxy) is 1. The molecule has 27 heavy (non-hydrogen) atoms. The quantitative estimate of drug-likeness (QED) is 0.789. The Morgan fingerprint density at radius 1 is 1.37 bits per heavy atom. The zero-order valence-electron chi connectivity index (χ0n) is 16.3. The van der Waals surface area contributed by atoms with E-state index in [1.165, 1.54) is 6.92 Å². The van der Waals surface area contributed by atoms with Gasteiger partial charge in [-0.15, -0.1) is 0 Å². The Morgan fingerprint density at radius 3 is 2.74 bits per heavy atom. The lowest BCUT2D eigenvalue weighted by atomic mass is 10.1. The van der Waals surface area contributed by atoms with Gasteiger partial charge in [-0.1, -0.05) is 6.07 Å². The summed E-state index contributed by atoms with van der Waals surface area (Å²) in [7, 11) is 0. The molecule has 1 aliphatic rings. The van der Waals surface area contributed by atoms with Crippen LogP contribution in [0.2, 0.25) is 0 Å². The van der Waals surface area contributed by atoms with Crippen molar-refractivity contribution in [3.05, 3.63) is 46.4 Å². The van der Waals surface area contributed by atoms with Gasteiger partial charge in [0.1, 0.15) is 11.5 Å². The number of Topliss-reactive ketones (excluding diaryl/α,β-unsaturated/α-hetero) is 1. The molecule has 0 aromatic carbocycles. The maximum absolute atomic E-state index is 12.5. The number of carbonyl (C=O) groups is 2. The fourth-order valence-corrected chi connectivity index (χ4v) is 3.51. The molecule has 1 saturated heterocycles. The first-order chi connectivity index (χ1) is 12.9. The van der Waals surface area contributed by atoms with Gasteiger partial charge in [0.05, 0.1) is 12.7 Å². The van der Waals surface area contributed by atoms with Gasteiger partial charge in [0.2, 0.25) is 0 Å². The van der Waals surface area contributed by atoms with Crippen molar-refractivity contribution < 1.29 is 14.3 Å². The number of nitrogens with zero attached hydrogens (tertiary/aromatic N) is 2. The number of nitrogens with one attached hydrogen (secondary N) is 2. The Balaban J connectivity index is 1.62. The van der Waals surface area contributed by atoms with E-state index in [9.17, 15) is 9.59 Å². The monoisotopic (exact) mass is 370 g/mol.